The highest BCUT2D eigenvalue weighted by Gasteiger charge is 2.02. The fourth-order valence-corrected chi connectivity index (χ4v) is 1.08. The van der Waals surface area contributed by atoms with Crippen LogP contribution in [-0.2, 0) is 0 Å². The van der Waals surface area contributed by atoms with Gasteiger partial charge in [0.1, 0.15) is 5.75 Å². The minimum Gasteiger partial charge on any atom is -0.508 e. The smallest absolute Gasteiger partial charge is 0.119 e. The minimum atomic E-state index is 0.286. The largest absolute Gasteiger partial charge is 0.508 e. The van der Waals surface area contributed by atoms with E-state index >= 15 is 0 Å². The van der Waals surface area contributed by atoms with E-state index in [-0.39, 0.29) is 5.75 Å². The van der Waals surface area contributed by atoms with Crippen LogP contribution in [0, 0.1) is 13.3 Å². The molecule has 1 rings (SSSR count). The van der Waals surface area contributed by atoms with E-state index in [2.05, 4.69) is 0 Å². The van der Waals surface area contributed by atoms with Gasteiger partial charge in [0.15, 0.2) is 0 Å². The molecule has 1 aromatic carbocycles. The van der Waals surface area contributed by atoms with Crippen LogP contribution >= 0.6 is 11.6 Å². The van der Waals surface area contributed by atoms with Crippen molar-refractivity contribution in [1.29, 1.82) is 0 Å². The number of phenols is 1. The molecule has 1 N–H and O–H groups in total. The van der Waals surface area contributed by atoms with Crippen molar-refractivity contribution in [1.82, 2.24) is 0 Å². The lowest BCUT2D eigenvalue weighted by Gasteiger charge is -2.03. The molecule has 0 aliphatic rings. The molecule has 0 bridgehead atoms. The highest BCUT2D eigenvalue weighted by atomic mass is 35.5. The first-order valence-corrected chi connectivity index (χ1v) is 3.81. The Morgan fingerprint density at radius 2 is 2.09 bits per heavy atom. The molecule has 59 valence electrons. The van der Waals surface area contributed by atoms with Crippen LogP contribution in [0.1, 0.15) is 18.1 Å². The summed E-state index contributed by atoms with van der Waals surface area (Å²) >= 11 is 5.83. The first kappa shape index (κ1) is 8.41. The lowest BCUT2D eigenvalue weighted by atomic mass is 10.1. The molecule has 0 atom stereocenters. The molecule has 0 saturated heterocycles. The van der Waals surface area contributed by atoms with Crippen LogP contribution in [0.3, 0.4) is 0 Å². The maximum Gasteiger partial charge on any atom is 0.119 e. The molecule has 1 radical (unpaired) electrons. The number of hydrogen-bond acceptors (Lipinski definition) is 1. The van der Waals surface area contributed by atoms with Crippen LogP contribution in [0.5, 0.6) is 5.75 Å². The molecule has 1 aromatic rings. The van der Waals surface area contributed by atoms with Gasteiger partial charge < -0.3 is 5.11 Å². The SMILES string of the molecule is C[CH]c1cc(Cl)c(C)cc1O. The molecule has 0 saturated carbocycles. The molecular formula is C9H10ClO. The Hall–Kier alpha value is -0.690. The first-order valence-electron chi connectivity index (χ1n) is 3.43. The number of benzene rings is 1. The molecule has 0 aliphatic heterocycles. The number of aryl methyl sites for hydroxylation is 1. The van der Waals surface area contributed by atoms with Crippen LogP contribution in [-0.4, -0.2) is 5.11 Å². The summed E-state index contributed by atoms with van der Waals surface area (Å²) in [5, 5.41) is 10.0. The molecule has 0 aliphatic carbocycles. The van der Waals surface area contributed by atoms with Crippen LogP contribution in [0.15, 0.2) is 12.1 Å². The number of rotatable bonds is 1. The summed E-state index contributed by atoms with van der Waals surface area (Å²) in [6.45, 7) is 3.72. The second-order valence-corrected chi connectivity index (χ2v) is 2.86. The third-order valence-corrected chi connectivity index (χ3v) is 2.03. The van der Waals surface area contributed by atoms with Gasteiger partial charge in [0.05, 0.1) is 0 Å². The minimum absolute atomic E-state index is 0.286. The molecular weight excluding hydrogens is 160 g/mol. The van der Waals surface area contributed by atoms with Crippen LogP contribution in [0.2, 0.25) is 5.02 Å². The van der Waals surface area contributed by atoms with Gasteiger partial charge in [-0.25, -0.2) is 0 Å². The van der Waals surface area contributed by atoms with E-state index in [9.17, 15) is 5.11 Å². The predicted molar refractivity (Wildman–Crippen MR) is 46.9 cm³/mol. The molecule has 0 spiro atoms. The summed E-state index contributed by atoms with van der Waals surface area (Å²) in [6.07, 6.45) is 1.82. The second kappa shape index (κ2) is 3.14. The second-order valence-electron chi connectivity index (χ2n) is 2.45. The highest BCUT2D eigenvalue weighted by Crippen LogP contribution is 2.26. The average Bonchev–Trinajstić information content (AvgIpc) is 1.97. The average molecular weight is 170 g/mol. The fraction of sp³-hybridized carbons (Fsp3) is 0.222. The Labute approximate surface area is 71.6 Å². The van der Waals surface area contributed by atoms with E-state index < -0.39 is 0 Å². The Morgan fingerprint density at radius 1 is 1.45 bits per heavy atom. The summed E-state index contributed by atoms with van der Waals surface area (Å²) in [4.78, 5) is 0. The van der Waals surface area contributed by atoms with Crippen molar-refractivity contribution >= 4 is 11.6 Å². The third-order valence-electron chi connectivity index (χ3n) is 1.62. The van der Waals surface area contributed by atoms with Crippen molar-refractivity contribution in [2.75, 3.05) is 0 Å². The van der Waals surface area contributed by atoms with E-state index in [1.165, 1.54) is 0 Å². The van der Waals surface area contributed by atoms with Crippen LogP contribution < -0.4 is 0 Å². The summed E-state index contributed by atoms with van der Waals surface area (Å²) < 4.78 is 0. The van der Waals surface area contributed by atoms with Gasteiger partial charge >= 0.3 is 0 Å². The Bertz CT molecular complexity index is 269. The summed E-state index contributed by atoms with van der Waals surface area (Å²) in [7, 11) is 0. The van der Waals surface area contributed by atoms with Gasteiger partial charge in [-0.3, -0.25) is 0 Å². The Balaban J connectivity index is 3.21. The molecule has 0 amide bonds. The summed E-state index contributed by atoms with van der Waals surface area (Å²) in [5.41, 5.74) is 1.68. The van der Waals surface area contributed by atoms with E-state index in [4.69, 9.17) is 11.6 Å². The lowest BCUT2D eigenvalue weighted by molar-refractivity contribution is 0.471. The van der Waals surface area contributed by atoms with E-state index in [0.717, 1.165) is 11.1 Å². The highest BCUT2D eigenvalue weighted by molar-refractivity contribution is 6.31. The van der Waals surface area contributed by atoms with Crippen molar-refractivity contribution in [3.63, 3.8) is 0 Å². The molecule has 2 heteroatoms. The van der Waals surface area contributed by atoms with E-state index in [0.29, 0.717) is 5.02 Å². The predicted octanol–water partition coefficient (Wildman–Crippen LogP) is 2.93. The fourth-order valence-electron chi connectivity index (χ4n) is 0.913. The van der Waals surface area contributed by atoms with Gasteiger partial charge in [-0.15, -0.1) is 0 Å². The number of phenolic OH excluding ortho intramolecular Hbond substituents is 1. The standard InChI is InChI=1S/C9H10ClO/c1-3-7-5-8(10)6(2)4-9(7)11/h3-5,11H,1-2H3. The van der Waals surface area contributed by atoms with E-state index in [1.54, 1.807) is 12.1 Å². The molecule has 0 fully saturated rings. The van der Waals surface area contributed by atoms with E-state index in [1.807, 2.05) is 20.3 Å². The Morgan fingerprint density at radius 3 is 2.64 bits per heavy atom. The van der Waals surface area contributed by atoms with Crippen molar-refractivity contribution in [3.05, 3.63) is 34.7 Å². The van der Waals surface area contributed by atoms with Gasteiger partial charge in [0.25, 0.3) is 0 Å². The van der Waals surface area contributed by atoms with Gasteiger partial charge in [0.2, 0.25) is 0 Å². The maximum atomic E-state index is 9.33. The van der Waals surface area contributed by atoms with Gasteiger partial charge in [0, 0.05) is 5.02 Å². The van der Waals surface area contributed by atoms with Crippen molar-refractivity contribution in [2.24, 2.45) is 0 Å². The summed E-state index contributed by atoms with van der Waals surface area (Å²) in [5.74, 6) is 0.286. The van der Waals surface area contributed by atoms with Crippen molar-refractivity contribution in [3.8, 4) is 5.75 Å². The number of hydrogen-bond donors (Lipinski definition) is 1. The van der Waals surface area contributed by atoms with Crippen LogP contribution in [0.25, 0.3) is 0 Å². The number of halogens is 1. The normalized spacial score (nSPS) is 10.1. The topological polar surface area (TPSA) is 20.2 Å². The van der Waals surface area contributed by atoms with Crippen molar-refractivity contribution in [2.45, 2.75) is 13.8 Å². The molecule has 0 unspecified atom stereocenters. The zero-order valence-electron chi connectivity index (χ0n) is 6.56. The Kier molecular flexibility index (Phi) is 2.40. The zero-order valence-corrected chi connectivity index (χ0v) is 7.31. The van der Waals surface area contributed by atoms with Gasteiger partial charge in [-0.05, 0) is 36.6 Å². The third kappa shape index (κ3) is 1.66. The van der Waals surface area contributed by atoms with Gasteiger partial charge in [-0.1, -0.05) is 18.5 Å². The monoisotopic (exact) mass is 169 g/mol. The molecule has 1 nitrogen and oxygen atoms in total. The quantitative estimate of drug-likeness (QED) is 0.686. The molecule has 0 aromatic heterocycles. The lowest BCUT2D eigenvalue weighted by Crippen LogP contribution is -1.82. The zero-order chi connectivity index (χ0) is 8.43. The van der Waals surface area contributed by atoms with Crippen molar-refractivity contribution < 1.29 is 5.11 Å². The van der Waals surface area contributed by atoms with Gasteiger partial charge in [-0.2, -0.15) is 0 Å². The maximum absolute atomic E-state index is 9.33. The number of aromatic hydroxyl groups is 1. The van der Waals surface area contributed by atoms with Crippen LogP contribution in [0.4, 0.5) is 0 Å². The molecule has 11 heavy (non-hydrogen) atoms. The molecule has 0 heterocycles. The summed E-state index contributed by atoms with van der Waals surface area (Å²) in [6, 6.07) is 3.42. The first-order chi connectivity index (χ1) is 5.15.